The Bertz CT molecular complexity index is 704. The largest absolute Gasteiger partial charge is 0.363 e. The lowest BCUT2D eigenvalue weighted by molar-refractivity contribution is 0.0595. The fraction of sp³-hybridized carbons (Fsp3) is 0.474. The molecule has 0 unspecified atom stereocenters. The van der Waals surface area contributed by atoms with Crippen LogP contribution in [0.2, 0.25) is 0 Å². The number of piperidine rings is 1. The number of carbonyl (C=O) groups excluding carboxylic acids is 1. The minimum atomic E-state index is -0.00667. The van der Waals surface area contributed by atoms with Gasteiger partial charge in [0.15, 0.2) is 0 Å². The number of amides is 1. The van der Waals surface area contributed by atoms with Gasteiger partial charge in [-0.25, -0.2) is 9.97 Å². The van der Waals surface area contributed by atoms with Crippen LogP contribution in [-0.4, -0.2) is 52.4 Å². The van der Waals surface area contributed by atoms with Gasteiger partial charge in [-0.05, 0) is 44.2 Å². The van der Waals surface area contributed by atoms with Gasteiger partial charge in [0, 0.05) is 44.8 Å². The lowest BCUT2D eigenvalue weighted by atomic mass is 9.96. The molecule has 1 aliphatic heterocycles. The number of aromatic nitrogens is 3. The Labute approximate surface area is 148 Å². The monoisotopic (exact) mass is 339 g/mol. The Morgan fingerprint density at radius 3 is 2.92 bits per heavy atom. The van der Waals surface area contributed by atoms with E-state index in [0.29, 0.717) is 5.69 Å². The van der Waals surface area contributed by atoms with Crippen molar-refractivity contribution in [2.45, 2.75) is 38.1 Å². The van der Waals surface area contributed by atoms with Crippen LogP contribution in [0.5, 0.6) is 0 Å². The lowest BCUT2D eigenvalue weighted by Crippen LogP contribution is -2.44. The summed E-state index contributed by atoms with van der Waals surface area (Å²) < 4.78 is 0. The number of anilines is 1. The number of nitrogens with zero attached hydrogens (tertiary/aromatic N) is 5. The van der Waals surface area contributed by atoms with Crippen molar-refractivity contribution in [3.05, 3.63) is 48.2 Å². The van der Waals surface area contributed by atoms with Gasteiger partial charge >= 0.3 is 0 Å². The highest BCUT2D eigenvalue weighted by Gasteiger charge is 2.28. The van der Waals surface area contributed by atoms with Gasteiger partial charge in [0.25, 0.3) is 5.91 Å². The molecule has 0 bridgehead atoms. The smallest absolute Gasteiger partial charge is 0.274 e. The summed E-state index contributed by atoms with van der Waals surface area (Å²) in [4.78, 5) is 29.6. The van der Waals surface area contributed by atoms with Gasteiger partial charge in [-0.15, -0.1) is 0 Å². The SMILES string of the molecule is CN(C)c1cccc(CC[C@@H]2CCCCN2C(=O)c2cnccn2)n1. The van der Waals surface area contributed by atoms with E-state index >= 15 is 0 Å². The summed E-state index contributed by atoms with van der Waals surface area (Å²) in [6.45, 7) is 0.797. The van der Waals surface area contributed by atoms with Gasteiger partial charge in [-0.3, -0.25) is 9.78 Å². The third-order valence-corrected chi connectivity index (χ3v) is 4.65. The van der Waals surface area contributed by atoms with Crippen LogP contribution in [0.4, 0.5) is 5.82 Å². The molecule has 3 heterocycles. The molecule has 0 saturated carbocycles. The zero-order chi connectivity index (χ0) is 17.6. The van der Waals surface area contributed by atoms with E-state index in [9.17, 15) is 4.79 Å². The Morgan fingerprint density at radius 2 is 2.16 bits per heavy atom. The van der Waals surface area contributed by atoms with Crippen LogP contribution in [0.25, 0.3) is 0 Å². The van der Waals surface area contributed by atoms with Crippen LogP contribution >= 0.6 is 0 Å². The van der Waals surface area contributed by atoms with Crippen molar-refractivity contribution in [2.24, 2.45) is 0 Å². The number of rotatable bonds is 5. The maximum absolute atomic E-state index is 12.8. The fourth-order valence-corrected chi connectivity index (χ4v) is 3.29. The normalized spacial score (nSPS) is 17.4. The predicted molar refractivity (Wildman–Crippen MR) is 97.6 cm³/mol. The number of likely N-dealkylation sites (tertiary alicyclic amines) is 1. The van der Waals surface area contributed by atoms with Crippen LogP contribution in [0.1, 0.15) is 41.9 Å². The zero-order valence-corrected chi connectivity index (χ0v) is 14.9. The van der Waals surface area contributed by atoms with Crippen LogP contribution in [0, 0.1) is 0 Å². The molecule has 0 aromatic carbocycles. The number of hydrogen-bond acceptors (Lipinski definition) is 5. The van der Waals surface area contributed by atoms with E-state index in [0.717, 1.165) is 43.7 Å². The molecule has 1 fully saturated rings. The number of hydrogen-bond donors (Lipinski definition) is 0. The van der Waals surface area contributed by atoms with Crippen LogP contribution in [0.3, 0.4) is 0 Å². The van der Waals surface area contributed by atoms with E-state index in [-0.39, 0.29) is 11.9 Å². The molecule has 6 heteroatoms. The summed E-state index contributed by atoms with van der Waals surface area (Å²) in [7, 11) is 3.99. The summed E-state index contributed by atoms with van der Waals surface area (Å²) in [5.74, 6) is 0.960. The molecule has 25 heavy (non-hydrogen) atoms. The van der Waals surface area contributed by atoms with E-state index in [2.05, 4.69) is 21.0 Å². The molecule has 1 aliphatic rings. The topological polar surface area (TPSA) is 62.2 Å². The van der Waals surface area contributed by atoms with E-state index in [4.69, 9.17) is 0 Å². The van der Waals surface area contributed by atoms with E-state index in [1.54, 1.807) is 18.6 Å². The Hall–Kier alpha value is -2.50. The van der Waals surface area contributed by atoms with Gasteiger partial charge < -0.3 is 9.80 Å². The van der Waals surface area contributed by atoms with Crippen molar-refractivity contribution in [3.63, 3.8) is 0 Å². The molecular formula is C19H25N5O. The second kappa shape index (κ2) is 8.05. The van der Waals surface area contributed by atoms with Crippen molar-refractivity contribution < 1.29 is 4.79 Å². The first-order chi connectivity index (χ1) is 12.1. The molecular weight excluding hydrogens is 314 g/mol. The molecule has 1 atom stereocenters. The molecule has 3 rings (SSSR count). The number of pyridine rings is 1. The first-order valence-corrected chi connectivity index (χ1v) is 8.85. The highest BCUT2D eigenvalue weighted by Crippen LogP contribution is 2.23. The first kappa shape index (κ1) is 17.3. The molecule has 6 nitrogen and oxygen atoms in total. The molecule has 1 amide bonds. The lowest BCUT2D eigenvalue weighted by Gasteiger charge is -2.35. The number of aryl methyl sites for hydroxylation is 1. The van der Waals surface area contributed by atoms with Crippen molar-refractivity contribution >= 4 is 11.7 Å². The quantitative estimate of drug-likeness (QED) is 0.838. The molecule has 0 spiro atoms. The van der Waals surface area contributed by atoms with Gasteiger partial charge in [0.2, 0.25) is 0 Å². The zero-order valence-electron chi connectivity index (χ0n) is 14.9. The third kappa shape index (κ3) is 4.32. The van der Waals surface area contributed by atoms with Crippen molar-refractivity contribution in [1.29, 1.82) is 0 Å². The summed E-state index contributed by atoms with van der Waals surface area (Å²) in [6.07, 6.45) is 9.77. The maximum atomic E-state index is 12.8. The van der Waals surface area contributed by atoms with Gasteiger partial charge in [-0.2, -0.15) is 0 Å². The average molecular weight is 339 g/mol. The summed E-state index contributed by atoms with van der Waals surface area (Å²) >= 11 is 0. The van der Waals surface area contributed by atoms with Gasteiger partial charge in [-0.1, -0.05) is 6.07 Å². The Kier molecular flexibility index (Phi) is 5.58. The van der Waals surface area contributed by atoms with Crippen molar-refractivity contribution in [3.8, 4) is 0 Å². The second-order valence-electron chi connectivity index (χ2n) is 6.66. The van der Waals surface area contributed by atoms with Crippen molar-refractivity contribution in [2.75, 3.05) is 25.5 Å². The molecule has 2 aromatic rings. The maximum Gasteiger partial charge on any atom is 0.274 e. The number of carbonyl (C=O) groups is 1. The van der Waals surface area contributed by atoms with E-state index in [1.807, 2.05) is 36.0 Å². The predicted octanol–water partition coefficient (Wildman–Crippen LogP) is 2.57. The van der Waals surface area contributed by atoms with Gasteiger partial charge in [0.05, 0.1) is 6.20 Å². The standard InChI is InChI=1S/C19H25N5O/c1-23(2)18-8-5-6-15(22-18)9-10-16-7-3-4-13-24(16)19(25)17-14-20-11-12-21-17/h5-6,8,11-12,14,16H,3-4,7,9-10,13H2,1-2H3/t16-/m0/s1. The second-order valence-corrected chi connectivity index (χ2v) is 6.66. The third-order valence-electron chi connectivity index (χ3n) is 4.65. The van der Waals surface area contributed by atoms with Crippen LogP contribution in [0.15, 0.2) is 36.8 Å². The summed E-state index contributed by atoms with van der Waals surface area (Å²) in [5, 5.41) is 0. The molecule has 0 radical (unpaired) electrons. The minimum absolute atomic E-state index is 0.00667. The summed E-state index contributed by atoms with van der Waals surface area (Å²) in [5.41, 5.74) is 1.51. The van der Waals surface area contributed by atoms with Crippen LogP contribution in [-0.2, 0) is 6.42 Å². The highest BCUT2D eigenvalue weighted by molar-refractivity contribution is 5.92. The van der Waals surface area contributed by atoms with E-state index in [1.165, 1.54) is 6.42 Å². The summed E-state index contributed by atoms with van der Waals surface area (Å²) in [6, 6.07) is 6.35. The molecule has 1 saturated heterocycles. The van der Waals surface area contributed by atoms with Crippen LogP contribution < -0.4 is 4.90 Å². The average Bonchev–Trinajstić information content (AvgIpc) is 2.67. The van der Waals surface area contributed by atoms with Crippen molar-refractivity contribution in [1.82, 2.24) is 19.9 Å². The van der Waals surface area contributed by atoms with E-state index < -0.39 is 0 Å². The Morgan fingerprint density at radius 1 is 1.28 bits per heavy atom. The molecule has 0 aliphatic carbocycles. The fourth-order valence-electron chi connectivity index (χ4n) is 3.29. The minimum Gasteiger partial charge on any atom is -0.363 e. The van der Waals surface area contributed by atoms with Gasteiger partial charge in [0.1, 0.15) is 11.5 Å². The highest BCUT2D eigenvalue weighted by atomic mass is 16.2. The molecule has 2 aromatic heterocycles. The molecule has 0 N–H and O–H groups in total. The first-order valence-electron chi connectivity index (χ1n) is 8.85. The Balaban J connectivity index is 1.67. The molecule has 132 valence electrons.